The lowest BCUT2D eigenvalue weighted by Gasteiger charge is -2.63. The monoisotopic (exact) mass is 881 g/mol. The molecule has 0 heterocycles. The summed E-state index contributed by atoms with van der Waals surface area (Å²) in [6.45, 7) is 29.7. The van der Waals surface area contributed by atoms with Crippen molar-refractivity contribution < 1.29 is 76.2 Å². The first-order chi connectivity index (χ1) is 29.5. The molecule has 0 radical (unpaired) electrons. The minimum absolute atomic E-state index is 0.0225. The standard InChI is InChI=1S/C45H84O16/c1-17-33-34(46)41(52-23-7,53-24-8)43(56-27-11,57-28-12)45(60-31-15,61-32-16)44(58-29-13,59-30-14)42(54-25-9,55-26-10)35-36(47-18-2)38(49-20-4)40(51-22-6)39(50-21-5)37(35)48-19-3/h34,46H,17-33H2,1-16H3. The smallest absolute Gasteiger partial charge is 0.292 e. The van der Waals surface area contributed by atoms with Crippen molar-refractivity contribution in [3.8, 4) is 28.7 Å². The fraction of sp³-hybridized carbons (Fsp3) is 0.867. The van der Waals surface area contributed by atoms with Crippen molar-refractivity contribution in [1.82, 2.24) is 0 Å². The lowest BCUT2D eigenvalue weighted by molar-refractivity contribution is -0.583. The normalized spacial score (nSPS) is 13.4. The van der Waals surface area contributed by atoms with Crippen molar-refractivity contribution in [1.29, 1.82) is 0 Å². The average Bonchev–Trinajstić information content (AvgIpc) is 3.23. The Morgan fingerprint density at radius 1 is 0.328 bits per heavy atom. The summed E-state index contributed by atoms with van der Waals surface area (Å²) in [5.74, 6) is -11.2. The summed E-state index contributed by atoms with van der Waals surface area (Å²) in [4.78, 5) is 0. The summed E-state index contributed by atoms with van der Waals surface area (Å²) in [5.41, 5.74) is 0.107. The number of hydrogen-bond acceptors (Lipinski definition) is 16. The lowest BCUT2D eigenvalue weighted by Crippen LogP contribution is -2.87. The number of ether oxygens (including phenoxy) is 15. The van der Waals surface area contributed by atoms with Crippen LogP contribution in [0.2, 0.25) is 0 Å². The van der Waals surface area contributed by atoms with Crippen molar-refractivity contribution in [2.24, 2.45) is 0 Å². The molecule has 0 aromatic heterocycles. The van der Waals surface area contributed by atoms with Gasteiger partial charge < -0.3 is 76.2 Å². The van der Waals surface area contributed by atoms with Gasteiger partial charge >= 0.3 is 0 Å². The third-order valence-electron chi connectivity index (χ3n) is 9.31. The predicted molar refractivity (Wildman–Crippen MR) is 232 cm³/mol. The minimum atomic E-state index is -2.53. The molecule has 1 aromatic rings. The van der Waals surface area contributed by atoms with Gasteiger partial charge in [-0.2, -0.15) is 0 Å². The number of aliphatic hydroxyl groups is 1. The van der Waals surface area contributed by atoms with E-state index in [9.17, 15) is 5.11 Å². The number of benzene rings is 1. The summed E-state index contributed by atoms with van der Waals surface area (Å²) >= 11 is 0. The Labute approximate surface area is 367 Å². The van der Waals surface area contributed by atoms with Gasteiger partial charge in [-0.1, -0.05) is 13.3 Å². The van der Waals surface area contributed by atoms with Crippen molar-refractivity contribution in [3.63, 3.8) is 0 Å². The highest BCUT2D eigenvalue weighted by atomic mass is 16.9. The fourth-order valence-corrected chi connectivity index (χ4v) is 7.97. The highest BCUT2D eigenvalue weighted by Gasteiger charge is 2.86. The first-order valence-electron chi connectivity index (χ1n) is 22.9. The molecular formula is C45H84O16. The van der Waals surface area contributed by atoms with Crippen LogP contribution < -0.4 is 23.7 Å². The van der Waals surface area contributed by atoms with Crippen LogP contribution in [-0.2, 0) is 53.2 Å². The van der Waals surface area contributed by atoms with Crippen molar-refractivity contribution >= 4 is 0 Å². The minimum Gasteiger partial charge on any atom is -0.489 e. The second kappa shape index (κ2) is 28.5. The molecule has 0 aliphatic heterocycles. The van der Waals surface area contributed by atoms with Gasteiger partial charge in [-0.3, -0.25) is 0 Å². The molecule has 16 nitrogen and oxygen atoms in total. The maximum atomic E-state index is 12.6. The lowest BCUT2D eigenvalue weighted by atomic mass is 9.77. The number of rotatable bonds is 38. The SMILES string of the molecule is CCCC(O)C(OCC)(OCC)C(OCC)(OCC)C(OCC)(OCC)C(OCC)(OCC)C(OCC)(OCC)c1c(OCC)c(OCC)c(OCC)c(OCC)c1OCC. The van der Waals surface area contributed by atoms with Gasteiger partial charge in [-0.25, -0.2) is 0 Å². The molecule has 1 aromatic carbocycles. The maximum Gasteiger partial charge on any atom is 0.292 e. The van der Waals surface area contributed by atoms with Crippen molar-refractivity contribution in [3.05, 3.63) is 5.56 Å². The van der Waals surface area contributed by atoms with Gasteiger partial charge in [-0.05, 0) is 110 Å². The summed E-state index contributed by atoms with van der Waals surface area (Å²) in [7, 11) is 0. The van der Waals surface area contributed by atoms with Crippen LogP contribution in [0.4, 0.5) is 0 Å². The summed E-state index contributed by atoms with van der Waals surface area (Å²) in [6, 6.07) is 0. The van der Waals surface area contributed by atoms with Crippen LogP contribution in [0.3, 0.4) is 0 Å². The highest BCUT2D eigenvalue weighted by Crippen LogP contribution is 2.65. The Morgan fingerprint density at radius 2 is 0.607 bits per heavy atom. The van der Waals surface area contributed by atoms with Crippen LogP contribution >= 0.6 is 0 Å². The zero-order valence-corrected chi connectivity index (χ0v) is 40.7. The van der Waals surface area contributed by atoms with Crippen LogP contribution in [0.5, 0.6) is 28.7 Å². The highest BCUT2D eigenvalue weighted by molar-refractivity contribution is 5.72. The average molecular weight is 881 g/mol. The Morgan fingerprint density at radius 3 is 0.902 bits per heavy atom. The molecule has 0 bridgehead atoms. The summed E-state index contributed by atoms with van der Waals surface area (Å²) in [5, 5.41) is 12.6. The Bertz CT molecular complexity index is 1260. The number of aliphatic hydroxyl groups excluding tert-OH is 1. The van der Waals surface area contributed by atoms with Crippen LogP contribution in [-0.4, -0.2) is 133 Å². The van der Waals surface area contributed by atoms with Crippen molar-refractivity contribution in [2.45, 2.75) is 159 Å². The molecule has 0 amide bonds. The van der Waals surface area contributed by atoms with Gasteiger partial charge in [0.2, 0.25) is 17.2 Å². The Balaban J connectivity index is 5.62. The van der Waals surface area contributed by atoms with E-state index in [0.717, 1.165) is 0 Å². The first-order valence-corrected chi connectivity index (χ1v) is 22.9. The molecule has 0 spiro atoms. The van der Waals surface area contributed by atoms with Gasteiger partial charge in [-0.15, -0.1) is 0 Å². The van der Waals surface area contributed by atoms with E-state index < -0.39 is 35.0 Å². The zero-order valence-electron chi connectivity index (χ0n) is 40.7. The largest absolute Gasteiger partial charge is 0.489 e. The zero-order chi connectivity index (χ0) is 46.2. The van der Waals surface area contributed by atoms with Crippen LogP contribution in [0.15, 0.2) is 0 Å². The third kappa shape index (κ3) is 11.0. The van der Waals surface area contributed by atoms with Crippen LogP contribution in [0.1, 0.15) is 129 Å². The Kier molecular flexibility index (Phi) is 26.6. The molecule has 0 fully saturated rings. The van der Waals surface area contributed by atoms with E-state index in [-0.39, 0.29) is 140 Å². The molecule has 16 heteroatoms. The van der Waals surface area contributed by atoms with E-state index in [0.29, 0.717) is 6.42 Å². The molecule has 61 heavy (non-hydrogen) atoms. The molecular weight excluding hydrogens is 796 g/mol. The third-order valence-corrected chi connectivity index (χ3v) is 9.31. The van der Waals surface area contributed by atoms with E-state index in [1.807, 2.05) is 41.5 Å². The van der Waals surface area contributed by atoms with E-state index in [1.165, 1.54) is 0 Å². The van der Waals surface area contributed by atoms with E-state index in [2.05, 4.69) is 0 Å². The second-order valence-electron chi connectivity index (χ2n) is 13.0. The topological polar surface area (TPSA) is 159 Å². The van der Waals surface area contributed by atoms with Gasteiger partial charge in [0.15, 0.2) is 11.5 Å². The van der Waals surface area contributed by atoms with Crippen LogP contribution in [0, 0.1) is 0 Å². The van der Waals surface area contributed by atoms with Gasteiger partial charge in [0.25, 0.3) is 28.9 Å². The molecule has 1 rings (SSSR count). The Hall–Kier alpha value is -2.22. The molecule has 1 atom stereocenters. The second-order valence-corrected chi connectivity index (χ2v) is 13.0. The van der Waals surface area contributed by atoms with Gasteiger partial charge in [0, 0.05) is 66.1 Å². The maximum absolute atomic E-state index is 12.6. The van der Waals surface area contributed by atoms with Crippen LogP contribution in [0.25, 0.3) is 0 Å². The fourth-order valence-electron chi connectivity index (χ4n) is 7.97. The first kappa shape index (κ1) is 56.8. The van der Waals surface area contributed by atoms with E-state index in [1.54, 1.807) is 69.2 Å². The molecule has 1 N–H and O–H groups in total. The molecule has 0 aliphatic rings. The van der Waals surface area contributed by atoms with Gasteiger partial charge in [0.1, 0.15) is 11.7 Å². The predicted octanol–water partition coefficient (Wildman–Crippen LogP) is 8.14. The molecule has 0 saturated carbocycles. The molecule has 0 saturated heterocycles. The summed E-state index contributed by atoms with van der Waals surface area (Å²) < 4.78 is 103. The van der Waals surface area contributed by atoms with E-state index >= 15 is 0 Å². The molecule has 1 unspecified atom stereocenters. The number of hydrogen-bond donors (Lipinski definition) is 1. The molecule has 0 aliphatic carbocycles. The van der Waals surface area contributed by atoms with E-state index in [4.69, 9.17) is 71.1 Å². The quantitative estimate of drug-likeness (QED) is 0.0634. The summed E-state index contributed by atoms with van der Waals surface area (Å²) in [6.07, 6.45) is -0.700. The van der Waals surface area contributed by atoms with Gasteiger partial charge in [0.05, 0.1) is 33.0 Å². The van der Waals surface area contributed by atoms with Crippen molar-refractivity contribution in [2.75, 3.05) is 99.1 Å². The molecule has 360 valence electrons.